The first kappa shape index (κ1) is 23.6. The number of carbonyl (C=O) groups excluding carboxylic acids is 2. The van der Waals surface area contributed by atoms with Crippen molar-refractivity contribution < 1.29 is 19.1 Å². The monoisotopic (exact) mass is 460 g/mol. The number of benzene rings is 1. The number of ether oxygens (including phenoxy) is 2. The summed E-state index contributed by atoms with van der Waals surface area (Å²) in [6.07, 6.45) is -0.382. The Hall–Kier alpha value is -3.01. The molecule has 0 aliphatic carbocycles. The largest absolute Gasteiger partial charge is 0.497 e. The summed E-state index contributed by atoms with van der Waals surface area (Å²) < 4.78 is 10.2. The number of H-pyrrole nitrogens is 1. The molecule has 1 aromatic carbocycles. The van der Waals surface area contributed by atoms with Crippen molar-refractivity contribution in [3.63, 3.8) is 0 Å². The molecule has 0 atom stereocenters. The van der Waals surface area contributed by atoms with E-state index in [1.165, 1.54) is 11.8 Å². The van der Waals surface area contributed by atoms with Gasteiger partial charge in [-0.25, -0.2) is 9.78 Å². The first-order valence-corrected chi connectivity index (χ1v) is 11.4. The van der Waals surface area contributed by atoms with Gasteiger partial charge in [0.15, 0.2) is 5.16 Å². The number of hydrogen-bond acceptors (Lipinski definition) is 7. The van der Waals surface area contributed by atoms with Crippen LogP contribution in [0.1, 0.15) is 23.7 Å². The lowest BCUT2D eigenvalue weighted by Crippen LogP contribution is -2.51. The van der Waals surface area contributed by atoms with E-state index in [1.54, 1.807) is 30.8 Å². The fourth-order valence-electron chi connectivity index (χ4n) is 3.39. The van der Waals surface area contributed by atoms with Crippen LogP contribution in [-0.4, -0.2) is 71.7 Å². The van der Waals surface area contributed by atoms with Gasteiger partial charge in [0.2, 0.25) is 5.91 Å². The van der Waals surface area contributed by atoms with Crippen molar-refractivity contribution in [1.29, 1.82) is 0 Å². The molecule has 10 heteroatoms. The van der Waals surface area contributed by atoms with Gasteiger partial charge >= 0.3 is 6.09 Å². The van der Waals surface area contributed by atoms with Gasteiger partial charge in [-0.05, 0) is 31.5 Å². The van der Waals surface area contributed by atoms with Crippen molar-refractivity contribution in [3.05, 3.63) is 51.4 Å². The van der Waals surface area contributed by atoms with Crippen LogP contribution >= 0.6 is 11.8 Å². The van der Waals surface area contributed by atoms with E-state index in [0.29, 0.717) is 55.0 Å². The van der Waals surface area contributed by atoms with Gasteiger partial charge in [0.1, 0.15) is 5.75 Å². The SMILES string of the molecule is CCOC(=O)N1CCN(C(=O)Cc2c(C)nc(SCc3cccc(OC)c3)[nH]c2=O)CC1. The van der Waals surface area contributed by atoms with Crippen molar-refractivity contribution >= 4 is 23.8 Å². The average Bonchev–Trinajstić information content (AvgIpc) is 2.80. The maximum absolute atomic E-state index is 12.7. The van der Waals surface area contributed by atoms with Crippen LogP contribution in [0, 0.1) is 6.92 Å². The summed E-state index contributed by atoms with van der Waals surface area (Å²) in [4.78, 5) is 47.7. The van der Waals surface area contributed by atoms with Gasteiger partial charge in [0.25, 0.3) is 5.56 Å². The fraction of sp³-hybridized carbons (Fsp3) is 0.455. The molecule has 1 N–H and O–H groups in total. The van der Waals surface area contributed by atoms with Gasteiger partial charge in [-0.2, -0.15) is 0 Å². The Labute approximate surface area is 191 Å². The molecule has 3 rings (SSSR count). The molecule has 2 amide bonds. The van der Waals surface area contributed by atoms with E-state index in [-0.39, 0.29) is 24.0 Å². The van der Waals surface area contributed by atoms with Crippen LogP contribution in [-0.2, 0) is 21.7 Å². The maximum Gasteiger partial charge on any atom is 0.409 e. The van der Waals surface area contributed by atoms with E-state index >= 15 is 0 Å². The Morgan fingerprint density at radius 1 is 1.19 bits per heavy atom. The Morgan fingerprint density at radius 2 is 1.91 bits per heavy atom. The zero-order chi connectivity index (χ0) is 23.1. The molecule has 9 nitrogen and oxygen atoms in total. The van der Waals surface area contributed by atoms with Gasteiger partial charge < -0.3 is 24.3 Å². The molecule has 1 aliphatic rings. The molecule has 2 heterocycles. The van der Waals surface area contributed by atoms with Gasteiger partial charge in [0, 0.05) is 43.2 Å². The highest BCUT2D eigenvalue weighted by molar-refractivity contribution is 7.98. The minimum Gasteiger partial charge on any atom is -0.497 e. The van der Waals surface area contributed by atoms with Crippen LogP contribution in [0.25, 0.3) is 0 Å². The smallest absolute Gasteiger partial charge is 0.409 e. The number of thioether (sulfide) groups is 1. The number of aromatic amines is 1. The number of nitrogens with zero attached hydrogens (tertiary/aromatic N) is 3. The van der Waals surface area contributed by atoms with E-state index in [2.05, 4.69) is 9.97 Å². The third-order valence-corrected chi connectivity index (χ3v) is 6.14. The summed E-state index contributed by atoms with van der Waals surface area (Å²) in [5.41, 5.74) is 1.66. The number of aromatic nitrogens is 2. The summed E-state index contributed by atoms with van der Waals surface area (Å²) >= 11 is 1.42. The predicted octanol–water partition coefficient (Wildman–Crippen LogP) is 2.22. The van der Waals surface area contributed by atoms with Crippen LogP contribution in [0.15, 0.2) is 34.2 Å². The second-order valence-corrected chi connectivity index (χ2v) is 8.28. The van der Waals surface area contributed by atoms with Crippen LogP contribution in [0.3, 0.4) is 0 Å². The van der Waals surface area contributed by atoms with Crippen molar-refractivity contribution in [1.82, 2.24) is 19.8 Å². The second-order valence-electron chi connectivity index (χ2n) is 7.32. The van der Waals surface area contributed by atoms with E-state index in [0.717, 1.165) is 11.3 Å². The third kappa shape index (κ3) is 6.03. The first-order valence-electron chi connectivity index (χ1n) is 10.5. The van der Waals surface area contributed by atoms with Crippen molar-refractivity contribution in [2.75, 3.05) is 39.9 Å². The van der Waals surface area contributed by atoms with Gasteiger partial charge in [-0.15, -0.1) is 0 Å². The summed E-state index contributed by atoms with van der Waals surface area (Å²) in [6.45, 7) is 5.48. The van der Waals surface area contributed by atoms with Crippen LogP contribution in [0.2, 0.25) is 0 Å². The number of nitrogens with one attached hydrogen (secondary N) is 1. The normalized spacial score (nSPS) is 13.7. The van der Waals surface area contributed by atoms with E-state index in [9.17, 15) is 14.4 Å². The van der Waals surface area contributed by atoms with Crippen LogP contribution in [0.4, 0.5) is 4.79 Å². The highest BCUT2D eigenvalue weighted by atomic mass is 32.2. The molecule has 32 heavy (non-hydrogen) atoms. The molecule has 0 saturated carbocycles. The molecule has 0 spiro atoms. The number of rotatable bonds is 7. The molecule has 1 aromatic heterocycles. The van der Waals surface area contributed by atoms with Gasteiger partial charge in [-0.3, -0.25) is 9.59 Å². The van der Waals surface area contributed by atoms with Crippen molar-refractivity contribution in [2.24, 2.45) is 0 Å². The number of amides is 2. The number of aryl methyl sites for hydroxylation is 1. The standard InChI is InChI=1S/C22H28N4O5S/c1-4-31-22(29)26-10-8-25(9-11-26)19(27)13-18-15(2)23-21(24-20(18)28)32-14-16-6-5-7-17(12-16)30-3/h5-7,12H,4,8-11,13-14H2,1-3H3,(H,23,24,28). The summed E-state index contributed by atoms with van der Waals surface area (Å²) in [5, 5.41) is 0.509. The molecule has 2 aromatic rings. The lowest BCUT2D eigenvalue weighted by atomic mass is 10.1. The minimum absolute atomic E-state index is 0.0194. The fourth-order valence-corrected chi connectivity index (χ4v) is 4.24. The third-order valence-electron chi connectivity index (χ3n) is 5.20. The average molecular weight is 461 g/mol. The Kier molecular flexibility index (Phi) is 8.15. The topological polar surface area (TPSA) is 105 Å². The first-order chi connectivity index (χ1) is 15.4. The zero-order valence-electron chi connectivity index (χ0n) is 18.6. The number of piperazine rings is 1. The molecular weight excluding hydrogens is 432 g/mol. The van der Waals surface area contributed by atoms with E-state index in [1.807, 2.05) is 24.3 Å². The molecule has 1 saturated heterocycles. The summed E-state index contributed by atoms with van der Waals surface area (Å²) in [5.74, 6) is 1.25. The number of carbonyl (C=O) groups is 2. The highest BCUT2D eigenvalue weighted by Crippen LogP contribution is 2.22. The van der Waals surface area contributed by atoms with E-state index < -0.39 is 0 Å². The van der Waals surface area contributed by atoms with Crippen molar-refractivity contribution in [2.45, 2.75) is 31.2 Å². The molecular formula is C22H28N4O5S. The van der Waals surface area contributed by atoms with Gasteiger partial charge in [0.05, 0.1) is 20.1 Å². The molecule has 172 valence electrons. The summed E-state index contributed by atoms with van der Waals surface area (Å²) in [7, 11) is 1.62. The summed E-state index contributed by atoms with van der Waals surface area (Å²) in [6, 6.07) is 7.71. The van der Waals surface area contributed by atoms with Gasteiger partial charge in [-0.1, -0.05) is 23.9 Å². The van der Waals surface area contributed by atoms with Crippen LogP contribution < -0.4 is 10.3 Å². The number of hydrogen-bond donors (Lipinski definition) is 1. The molecule has 0 radical (unpaired) electrons. The van der Waals surface area contributed by atoms with E-state index in [4.69, 9.17) is 9.47 Å². The molecule has 1 fully saturated rings. The lowest BCUT2D eigenvalue weighted by molar-refractivity contribution is -0.132. The second kappa shape index (κ2) is 11.0. The van der Waals surface area contributed by atoms with Crippen molar-refractivity contribution in [3.8, 4) is 5.75 Å². The Balaban J connectivity index is 1.58. The Morgan fingerprint density at radius 3 is 2.56 bits per heavy atom. The Bertz CT molecular complexity index is 1020. The quantitative estimate of drug-likeness (QED) is 0.499. The maximum atomic E-state index is 12.7. The lowest BCUT2D eigenvalue weighted by Gasteiger charge is -2.34. The molecule has 1 aliphatic heterocycles. The minimum atomic E-state index is -0.363. The number of methoxy groups -OCH3 is 1. The predicted molar refractivity (Wildman–Crippen MR) is 121 cm³/mol. The van der Waals surface area contributed by atoms with Crippen LogP contribution in [0.5, 0.6) is 5.75 Å². The zero-order valence-corrected chi connectivity index (χ0v) is 19.4. The molecule has 0 bridgehead atoms. The molecule has 0 unspecified atom stereocenters. The highest BCUT2D eigenvalue weighted by Gasteiger charge is 2.26.